The average molecular weight is 654 g/mol. The summed E-state index contributed by atoms with van der Waals surface area (Å²) in [6, 6.07) is 7.48. The number of benzene rings is 1. The monoisotopic (exact) mass is 653 g/mol. The number of aromatic amines is 1. The molecule has 3 rings (SSSR count). The lowest BCUT2D eigenvalue weighted by Gasteiger charge is -2.17. The number of rotatable bonds is 16. The van der Waals surface area contributed by atoms with Crippen LogP contribution in [0, 0.1) is 10.5 Å². The Bertz CT molecular complexity index is 1220. The zero-order valence-corrected chi connectivity index (χ0v) is 24.4. The van der Waals surface area contributed by atoms with Gasteiger partial charge in [0.1, 0.15) is 24.7 Å². The van der Waals surface area contributed by atoms with E-state index < -0.39 is 29.6 Å². The molecular weight excluding hydrogens is 617 g/mol. The van der Waals surface area contributed by atoms with Crippen LogP contribution in [0.1, 0.15) is 76.0 Å². The summed E-state index contributed by atoms with van der Waals surface area (Å²) in [5.74, 6) is 0.592. The average Bonchev–Trinajstić information content (AvgIpc) is 3.31. The van der Waals surface area contributed by atoms with Crippen molar-refractivity contribution in [2.24, 2.45) is 5.11 Å². The van der Waals surface area contributed by atoms with E-state index in [2.05, 4.69) is 37.6 Å². The molecule has 0 amide bonds. The maximum Gasteiger partial charge on any atom is 0.330 e. The number of unbranched alkanes of at least 4 members (excludes halogenated alkanes) is 7. The molecule has 39 heavy (non-hydrogen) atoms. The molecule has 1 aromatic carbocycles. The van der Waals surface area contributed by atoms with Crippen molar-refractivity contribution in [2.45, 2.75) is 89.5 Å². The van der Waals surface area contributed by atoms with Gasteiger partial charge in [-0.05, 0) is 72.2 Å². The normalized spacial score (nSPS) is 18.5. The van der Waals surface area contributed by atoms with E-state index in [1.807, 2.05) is 24.3 Å². The number of nitrogens with zero attached hydrogens (tertiary/aromatic N) is 4. The van der Waals surface area contributed by atoms with Crippen LogP contribution >= 0.6 is 22.6 Å². The summed E-state index contributed by atoms with van der Waals surface area (Å²) in [6.45, 7) is 2.26. The van der Waals surface area contributed by atoms with Gasteiger partial charge in [-0.15, -0.1) is 0 Å². The molecule has 3 atom stereocenters. The van der Waals surface area contributed by atoms with E-state index in [0.29, 0.717) is 12.0 Å². The fourth-order valence-corrected chi connectivity index (χ4v) is 4.78. The highest BCUT2D eigenvalue weighted by atomic mass is 127. The fraction of sp³-hybridized carbons (Fsp3) is 0.593. The highest BCUT2D eigenvalue weighted by Gasteiger charge is 2.37. The number of H-pyrrole nitrogens is 1. The molecule has 2 aromatic rings. The predicted molar refractivity (Wildman–Crippen MR) is 155 cm³/mol. The SMILES string of the molecule is Cc1cn(C2CC(N=[N+]=[N-])C(COC(=O)CCCCCCCCCCOc3ccc(I)cc3)O2)c(=O)[nH]c1=O. The number of esters is 1. The van der Waals surface area contributed by atoms with Crippen molar-refractivity contribution in [3.63, 3.8) is 0 Å². The number of aryl methyl sites for hydroxylation is 1. The summed E-state index contributed by atoms with van der Waals surface area (Å²) in [5.41, 5.74) is 8.18. The second-order valence-electron chi connectivity index (χ2n) is 9.68. The lowest BCUT2D eigenvalue weighted by atomic mass is 10.1. The Morgan fingerprint density at radius 3 is 2.49 bits per heavy atom. The molecular formula is C27H36IN5O6. The number of halogens is 1. The molecule has 1 aliphatic heterocycles. The van der Waals surface area contributed by atoms with Gasteiger partial charge in [0.25, 0.3) is 5.56 Å². The number of ether oxygens (including phenoxy) is 3. The van der Waals surface area contributed by atoms with E-state index in [1.54, 1.807) is 6.92 Å². The van der Waals surface area contributed by atoms with E-state index in [-0.39, 0.29) is 19.0 Å². The second kappa shape index (κ2) is 16.3. The number of carbonyl (C=O) groups excluding carboxylic acids is 1. The third kappa shape index (κ3) is 10.3. The smallest absolute Gasteiger partial charge is 0.330 e. The van der Waals surface area contributed by atoms with Gasteiger partial charge in [-0.1, -0.05) is 43.6 Å². The molecule has 11 nitrogen and oxygen atoms in total. The van der Waals surface area contributed by atoms with E-state index >= 15 is 0 Å². The molecule has 0 radical (unpaired) electrons. The summed E-state index contributed by atoms with van der Waals surface area (Å²) in [5, 5.41) is 3.74. The van der Waals surface area contributed by atoms with Gasteiger partial charge >= 0.3 is 11.7 Å². The Morgan fingerprint density at radius 2 is 1.79 bits per heavy atom. The van der Waals surface area contributed by atoms with Crippen molar-refractivity contribution >= 4 is 28.6 Å². The molecule has 1 N–H and O–H groups in total. The quantitative estimate of drug-likeness (QED) is 0.0628. The fourth-order valence-electron chi connectivity index (χ4n) is 4.42. The van der Waals surface area contributed by atoms with Crippen molar-refractivity contribution in [2.75, 3.05) is 13.2 Å². The minimum absolute atomic E-state index is 0.0661. The van der Waals surface area contributed by atoms with E-state index in [1.165, 1.54) is 27.2 Å². The topological polar surface area (TPSA) is 148 Å². The van der Waals surface area contributed by atoms with Gasteiger partial charge < -0.3 is 14.2 Å². The number of hydrogen-bond donors (Lipinski definition) is 1. The number of azide groups is 1. The van der Waals surface area contributed by atoms with Crippen LogP contribution in [-0.4, -0.2) is 40.9 Å². The Labute approximate surface area is 241 Å². The second-order valence-corrected chi connectivity index (χ2v) is 10.9. The maximum absolute atomic E-state index is 12.2. The van der Waals surface area contributed by atoms with Crippen LogP contribution in [0.3, 0.4) is 0 Å². The molecule has 0 aliphatic carbocycles. The van der Waals surface area contributed by atoms with Crippen molar-refractivity contribution in [3.05, 3.63) is 70.9 Å². The zero-order chi connectivity index (χ0) is 28.0. The van der Waals surface area contributed by atoms with Crippen LogP contribution in [-0.2, 0) is 14.3 Å². The minimum Gasteiger partial charge on any atom is -0.494 e. The first-order valence-corrected chi connectivity index (χ1v) is 14.5. The highest BCUT2D eigenvalue weighted by molar-refractivity contribution is 14.1. The van der Waals surface area contributed by atoms with Crippen LogP contribution in [0.4, 0.5) is 0 Å². The first kappa shape index (κ1) is 30.7. The molecule has 0 bridgehead atoms. The molecule has 1 fully saturated rings. The van der Waals surface area contributed by atoms with Crippen molar-refractivity contribution in [1.29, 1.82) is 0 Å². The first-order valence-electron chi connectivity index (χ1n) is 13.4. The van der Waals surface area contributed by atoms with Crippen molar-refractivity contribution in [1.82, 2.24) is 9.55 Å². The Balaban J connectivity index is 1.24. The van der Waals surface area contributed by atoms with Gasteiger partial charge in [0.05, 0.1) is 12.6 Å². The summed E-state index contributed by atoms with van der Waals surface area (Å²) >= 11 is 2.28. The Morgan fingerprint density at radius 1 is 1.13 bits per heavy atom. The lowest BCUT2D eigenvalue weighted by molar-refractivity contribution is -0.148. The maximum atomic E-state index is 12.2. The molecule has 1 aromatic heterocycles. The number of nitrogens with one attached hydrogen (secondary N) is 1. The summed E-state index contributed by atoms with van der Waals surface area (Å²) in [6.07, 6.45) is 9.04. The minimum atomic E-state index is -0.729. The molecule has 1 aliphatic rings. The number of carbonyl (C=O) groups is 1. The first-order chi connectivity index (χ1) is 18.9. The van der Waals surface area contributed by atoms with Crippen LogP contribution in [0.15, 0.2) is 45.2 Å². The zero-order valence-electron chi connectivity index (χ0n) is 22.2. The molecule has 212 valence electrons. The van der Waals surface area contributed by atoms with Crippen LogP contribution in [0.25, 0.3) is 10.4 Å². The molecule has 3 unspecified atom stereocenters. The third-order valence-corrected chi connectivity index (χ3v) is 7.35. The van der Waals surface area contributed by atoms with Gasteiger partial charge in [0.15, 0.2) is 0 Å². The highest BCUT2D eigenvalue weighted by Crippen LogP contribution is 2.30. The molecule has 1 saturated heterocycles. The molecule has 0 spiro atoms. The van der Waals surface area contributed by atoms with Gasteiger partial charge in [-0.3, -0.25) is 19.1 Å². The summed E-state index contributed by atoms with van der Waals surface area (Å²) in [4.78, 5) is 41.1. The van der Waals surface area contributed by atoms with E-state index in [0.717, 1.165) is 50.9 Å². The molecule has 12 heteroatoms. The van der Waals surface area contributed by atoms with Crippen LogP contribution in [0.2, 0.25) is 0 Å². The predicted octanol–water partition coefficient (Wildman–Crippen LogP) is 5.55. The number of hydrogen-bond acceptors (Lipinski definition) is 7. The standard InChI is InChI=1S/C27H36IN5O6/c1-19-17-33(27(36)30-26(19)35)24-16-22(31-32-29)23(39-24)18-38-25(34)10-8-6-4-2-3-5-7-9-15-37-21-13-11-20(28)12-14-21/h11-14,17,22-24H,2-10,15-16,18H2,1H3,(H,30,35,36). The molecule has 0 saturated carbocycles. The van der Waals surface area contributed by atoms with Gasteiger partial charge in [-0.25, -0.2) is 4.79 Å². The summed E-state index contributed by atoms with van der Waals surface area (Å²) in [7, 11) is 0. The van der Waals surface area contributed by atoms with Gasteiger partial charge in [0, 0.05) is 33.1 Å². The number of aromatic nitrogens is 2. The van der Waals surface area contributed by atoms with E-state index in [9.17, 15) is 14.4 Å². The van der Waals surface area contributed by atoms with E-state index in [4.69, 9.17) is 19.7 Å². The largest absolute Gasteiger partial charge is 0.494 e. The molecule has 2 heterocycles. The Kier molecular flexibility index (Phi) is 12.8. The Hall–Kier alpha value is -2.83. The lowest BCUT2D eigenvalue weighted by Crippen LogP contribution is -2.33. The van der Waals surface area contributed by atoms with Crippen LogP contribution in [0.5, 0.6) is 5.75 Å². The van der Waals surface area contributed by atoms with Crippen LogP contribution < -0.4 is 16.0 Å². The third-order valence-electron chi connectivity index (χ3n) is 6.63. The van der Waals surface area contributed by atoms with Crippen molar-refractivity contribution < 1.29 is 19.0 Å². The van der Waals surface area contributed by atoms with Gasteiger partial charge in [-0.2, -0.15) is 0 Å². The summed E-state index contributed by atoms with van der Waals surface area (Å²) < 4.78 is 19.4. The van der Waals surface area contributed by atoms with Crippen molar-refractivity contribution in [3.8, 4) is 5.75 Å². The van der Waals surface area contributed by atoms with Gasteiger partial charge in [0.2, 0.25) is 0 Å².